The van der Waals surface area contributed by atoms with Crippen molar-refractivity contribution in [3.8, 4) is 0 Å². The predicted molar refractivity (Wildman–Crippen MR) is 39.5 cm³/mol. The number of rotatable bonds is 2. The molecule has 1 rings (SSSR count). The Bertz CT molecular complexity index is 119. The van der Waals surface area contributed by atoms with Crippen molar-refractivity contribution >= 4 is 6.98 Å². The van der Waals surface area contributed by atoms with Crippen LogP contribution < -0.4 is 5.32 Å². The molecule has 1 aliphatic heterocycles. The zero-order chi connectivity index (χ0) is 8.32. The molecule has 1 nitrogen and oxygen atoms in total. The topological polar surface area (TPSA) is 12.0 Å². The van der Waals surface area contributed by atoms with E-state index in [9.17, 15) is 12.9 Å². The van der Waals surface area contributed by atoms with Gasteiger partial charge < -0.3 is 18.3 Å². The van der Waals surface area contributed by atoms with Crippen LogP contribution in [-0.2, 0) is 0 Å². The van der Waals surface area contributed by atoms with Gasteiger partial charge in [0.1, 0.15) is 0 Å². The minimum Gasteiger partial charge on any atom is -0.449 e. The van der Waals surface area contributed by atoms with Crippen LogP contribution in [-0.4, -0.2) is 20.1 Å². The first-order valence-corrected chi connectivity index (χ1v) is 3.99. The predicted octanol–water partition coefficient (Wildman–Crippen LogP) is 1.83. The Kier molecular flexibility index (Phi) is 2.81. The average Bonchev–Trinajstić information content (AvgIpc) is 1.85. The fourth-order valence-corrected chi connectivity index (χ4v) is 1.50. The summed E-state index contributed by atoms with van der Waals surface area (Å²) in [7, 11) is 0. The van der Waals surface area contributed by atoms with Crippen molar-refractivity contribution in [1.82, 2.24) is 5.32 Å². The molecule has 5 heteroatoms. The summed E-state index contributed by atoms with van der Waals surface area (Å²) in [5, 5.41) is 2.97. The molecule has 1 heterocycles. The second kappa shape index (κ2) is 3.47. The maximum Gasteiger partial charge on any atom is 0.478 e. The Hall–Kier alpha value is -0.185. The zero-order valence-corrected chi connectivity index (χ0v) is 6.32. The van der Waals surface area contributed by atoms with Gasteiger partial charge in [-0.05, 0) is 19.5 Å². The lowest BCUT2D eigenvalue weighted by Gasteiger charge is -2.27. The lowest BCUT2D eigenvalue weighted by Crippen LogP contribution is -2.33. The molecule has 0 aromatic carbocycles. The number of nitrogens with one attached hydrogen (secondary N) is 1. The maximum absolute atomic E-state index is 11.9. The fourth-order valence-electron chi connectivity index (χ4n) is 1.50. The molecule has 0 aromatic rings. The Morgan fingerprint density at radius 2 is 2.09 bits per heavy atom. The van der Waals surface area contributed by atoms with Gasteiger partial charge in [-0.25, -0.2) is 0 Å². The van der Waals surface area contributed by atoms with E-state index in [1.807, 2.05) is 0 Å². The first-order chi connectivity index (χ1) is 5.08. The van der Waals surface area contributed by atoms with Gasteiger partial charge in [0.2, 0.25) is 0 Å². The Morgan fingerprint density at radius 1 is 1.36 bits per heavy atom. The van der Waals surface area contributed by atoms with E-state index in [-0.39, 0.29) is 5.92 Å². The van der Waals surface area contributed by atoms with E-state index in [0.29, 0.717) is 6.54 Å². The Morgan fingerprint density at radius 3 is 2.55 bits per heavy atom. The quantitative estimate of drug-likeness (QED) is 0.617. The molecule has 1 saturated heterocycles. The lowest BCUT2D eigenvalue weighted by molar-refractivity contribution is 0.362. The molecule has 0 amide bonds. The van der Waals surface area contributed by atoms with Crippen LogP contribution in [0.1, 0.15) is 12.8 Å². The van der Waals surface area contributed by atoms with Crippen molar-refractivity contribution in [2.75, 3.05) is 13.1 Å². The Labute approximate surface area is 64.4 Å². The molecule has 1 atom stereocenters. The van der Waals surface area contributed by atoms with Gasteiger partial charge >= 0.3 is 6.98 Å². The van der Waals surface area contributed by atoms with Gasteiger partial charge in [0.25, 0.3) is 0 Å². The first-order valence-electron chi connectivity index (χ1n) is 3.99. The first kappa shape index (κ1) is 8.91. The van der Waals surface area contributed by atoms with E-state index in [2.05, 4.69) is 5.32 Å². The number of hydrogen-bond acceptors (Lipinski definition) is 1. The zero-order valence-electron chi connectivity index (χ0n) is 6.32. The monoisotopic (exact) mass is 166 g/mol. The summed E-state index contributed by atoms with van der Waals surface area (Å²) in [6, 6.07) is 0. The van der Waals surface area contributed by atoms with Crippen LogP contribution in [0.5, 0.6) is 0 Å². The molecular weight excluding hydrogens is 154 g/mol. The molecule has 1 unspecified atom stereocenters. The van der Waals surface area contributed by atoms with E-state index in [1.54, 1.807) is 0 Å². The molecule has 0 aliphatic carbocycles. The van der Waals surface area contributed by atoms with Crippen molar-refractivity contribution < 1.29 is 12.9 Å². The summed E-state index contributed by atoms with van der Waals surface area (Å²) < 4.78 is 35.6. The molecule has 0 bridgehead atoms. The van der Waals surface area contributed by atoms with Gasteiger partial charge in [0.05, 0.1) is 0 Å². The summed E-state index contributed by atoms with van der Waals surface area (Å²) in [6.07, 6.45) is 1.05. The van der Waals surface area contributed by atoms with Gasteiger partial charge in [-0.1, -0.05) is 18.7 Å². The maximum atomic E-state index is 11.9. The molecule has 66 valence electrons. The van der Waals surface area contributed by atoms with Gasteiger partial charge in [-0.3, -0.25) is 0 Å². The van der Waals surface area contributed by atoms with Gasteiger partial charge in [-0.15, -0.1) is 0 Å². The van der Waals surface area contributed by atoms with Crippen LogP contribution in [0.2, 0.25) is 6.32 Å². The molecular formula is C6H12BF3N-. The highest BCUT2D eigenvalue weighted by Gasteiger charge is 2.28. The third-order valence-corrected chi connectivity index (χ3v) is 2.00. The van der Waals surface area contributed by atoms with E-state index in [1.165, 1.54) is 0 Å². The summed E-state index contributed by atoms with van der Waals surface area (Å²) >= 11 is 0. The highest BCUT2D eigenvalue weighted by molar-refractivity contribution is 6.58. The highest BCUT2D eigenvalue weighted by Crippen LogP contribution is 2.25. The standard InChI is InChI=1S/C6H12BF3N/c8-7(9,10)4-6-2-1-3-11-5-6/h6,11H,1-5H2/q-1. The normalized spacial score (nSPS) is 27.0. The minimum absolute atomic E-state index is 0.163. The number of halogens is 3. The van der Waals surface area contributed by atoms with Crippen molar-refractivity contribution in [1.29, 1.82) is 0 Å². The summed E-state index contributed by atoms with van der Waals surface area (Å²) in [4.78, 5) is 0. The fraction of sp³-hybridized carbons (Fsp3) is 1.00. The highest BCUT2D eigenvalue weighted by atomic mass is 19.4. The molecule has 1 N–H and O–H groups in total. The third kappa shape index (κ3) is 3.65. The Balaban J connectivity index is 2.24. The summed E-state index contributed by atoms with van der Waals surface area (Å²) in [5.41, 5.74) is 0. The SMILES string of the molecule is F[B-](F)(F)CC1CCCNC1. The second-order valence-electron chi connectivity index (χ2n) is 3.16. The molecule has 1 aliphatic rings. The molecule has 0 saturated carbocycles. The second-order valence-corrected chi connectivity index (χ2v) is 3.16. The largest absolute Gasteiger partial charge is 0.478 e. The number of piperidine rings is 1. The van der Waals surface area contributed by atoms with E-state index < -0.39 is 13.3 Å². The van der Waals surface area contributed by atoms with Crippen molar-refractivity contribution in [3.63, 3.8) is 0 Å². The van der Waals surface area contributed by atoms with Crippen LogP contribution in [0, 0.1) is 5.92 Å². The van der Waals surface area contributed by atoms with Crippen LogP contribution in [0.15, 0.2) is 0 Å². The van der Waals surface area contributed by atoms with Crippen LogP contribution >= 0.6 is 0 Å². The molecule has 1 fully saturated rings. The van der Waals surface area contributed by atoms with Gasteiger partial charge in [0, 0.05) is 0 Å². The van der Waals surface area contributed by atoms with Crippen LogP contribution in [0.3, 0.4) is 0 Å². The van der Waals surface area contributed by atoms with Gasteiger partial charge in [0.15, 0.2) is 0 Å². The third-order valence-electron chi connectivity index (χ3n) is 2.00. The molecule has 11 heavy (non-hydrogen) atoms. The van der Waals surface area contributed by atoms with Gasteiger partial charge in [-0.2, -0.15) is 0 Å². The average molecular weight is 166 g/mol. The van der Waals surface area contributed by atoms with Crippen LogP contribution in [0.25, 0.3) is 0 Å². The van der Waals surface area contributed by atoms with Crippen LogP contribution in [0.4, 0.5) is 12.9 Å². The number of hydrogen-bond donors (Lipinski definition) is 1. The van der Waals surface area contributed by atoms with E-state index in [4.69, 9.17) is 0 Å². The van der Waals surface area contributed by atoms with E-state index in [0.717, 1.165) is 19.4 Å². The summed E-state index contributed by atoms with van der Waals surface area (Å²) in [6.45, 7) is -3.15. The van der Waals surface area contributed by atoms with Crippen molar-refractivity contribution in [3.05, 3.63) is 0 Å². The minimum atomic E-state index is -4.57. The van der Waals surface area contributed by atoms with Crippen molar-refractivity contribution in [2.24, 2.45) is 5.92 Å². The molecule has 0 radical (unpaired) electrons. The van der Waals surface area contributed by atoms with E-state index >= 15 is 0 Å². The van der Waals surface area contributed by atoms with Crippen molar-refractivity contribution in [2.45, 2.75) is 19.2 Å². The molecule has 0 aromatic heterocycles. The smallest absolute Gasteiger partial charge is 0.449 e. The summed E-state index contributed by atoms with van der Waals surface area (Å²) in [5.74, 6) is -0.163. The molecule has 0 spiro atoms. The lowest BCUT2D eigenvalue weighted by atomic mass is 9.76.